The van der Waals surface area contributed by atoms with Gasteiger partial charge in [-0.15, -0.1) is 0 Å². The van der Waals surface area contributed by atoms with E-state index >= 15 is 0 Å². The zero-order valence-electron chi connectivity index (χ0n) is 11.9. The third-order valence-electron chi connectivity index (χ3n) is 4.21. The molecule has 1 aliphatic rings. The Bertz CT molecular complexity index is 446. The largest absolute Gasteiger partial charge is 0.481 e. The number of halogens is 1. The van der Waals surface area contributed by atoms with E-state index in [9.17, 15) is 9.90 Å². The third kappa shape index (κ3) is 3.97. The standard InChI is InChI=1S/C16H22ClNO2/c1-18(11-12-7-9-13(17)10-8-12)15-6-4-2-3-5-14(15)16(19)20/h7-10,14-15H,2-6,11H2,1H3,(H,19,20). The van der Waals surface area contributed by atoms with E-state index in [0.29, 0.717) is 0 Å². The van der Waals surface area contributed by atoms with Crippen LogP contribution < -0.4 is 0 Å². The summed E-state index contributed by atoms with van der Waals surface area (Å²) in [6.45, 7) is 0.769. The number of benzene rings is 1. The summed E-state index contributed by atoms with van der Waals surface area (Å²) in [5, 5.41) is 10.2. The van der Waals surface area contributed by atoms with Gasteiger partial charge < -0.3 is 5.11 Å². The second-order valence-corrected chi connectivity index (χ2v) is 6.13. The molecule has 0 aromatic heterocycles. The number of carboxylic acid groups (broad SMARTS) is 1. The van der Waals surface area contributed by atoms with Crippen LogP contribution in [0.4, 0.5) is 0 Å². The molecule has 0 heterocycles. The highest BCUT2D eigenvalue weighted by atomic mass is 35.5. The van der Waals surface area contributed by atoms with E-state index in [4.69, 9.17) is 11.6 Å². The Morgan fingerprint density at radius 2 is 1.90 bits per heavy atom. The van der Waals surface area contributed by atoms with Crippen LogP contribution in [0, 0.1) is 5.92 Å². The summed E-state index contributed by atoms with van der Waals surface area (Å²) in [4.78, 5) is 13.7. The van der Waals surface area contributed by atoms with Crippen molar-refractivity contribution in [3.05, 3.63) is 34.9 Å². The molecule has 0 amide bonds. The molecule has 0 bridgehead atoms. The normalized spacial score (nSPS) is 23.6. The summed E-state index contributed by atoms with van der Waals surface area (Å²) in [5.41, 5.74) is 1.17. The number of carboxylic acids is 1. The first-order valence-electron chi connectivity index (χ1n) is 7.25. The van der Waals surface area contributed by atoms with Gasteiger partial charge in [0, 0.05) is 17.6 Å². The fraction of sp³-hybridized carbons (Fsp3) is 0.562. The Morgan fingerprint density at radius 1 is 1.25 bits per heavy atom. The quantitative estimate of drug-likeness (QED) is 0.859. The van der Waals surface area contributed by atoms with Gasteiger partial charge in [0.15, 0.2) is 0 Å². The van der Waals surface area contributed by atoms with Gasteiger partial charge in [-0.2, -0.15) is 0 Å². The Hall–Kier alpha value is -1.06. The summed E-state index contributed by atoms with van der Waals surface area (Å²) >= 11 is 5.89. The van der Waals surface area contributed by atoms with Crippen LogP contribution in [0.5, 0.6) is 0 Å². The van der Waals surface area contributed by atoms with E-state index in [1.54, 1.807) is 0 Å². The van der Waals surface area contributed by atoms with E-state index in [2.05, 4.69) is 4.90 Å². The maximum absolute atomic E-state index is 11.5. The van der Waals surface area contributed by atoms with E-state index in [1.165, 1.54) is 5.56 Å². The molecule has 2 unspecified atom stereocenters. The van der Waals surface area contributed by atoms with Gasteiger partial charge in [-0.05, 0) is 37.6 Å². The van der Waals surface area contributed by atoms with Crippen molar-refractivity contribution in [3.8, 4) is 0 Å². The predicted molar refractivity (Wildman–Crippen MR) is 80.9 cm³/mol. The first-order valence-corrected chi connectivity index (χ1v) is 7.63. The molecule has 0 saturated heterocycles. The highest BCUT2D eigenvalue weighted by Crippen LogP contribution is 2.28. The van der Waals surface area contributed by atoms with Crippen LogP contribution in [0.3, 0.4) is 0 Å². The molecular weight excluding hydrogens is 274 g/mol. The SMILES string of the molecule is CN(Cc1ccc(Cl)cc1)C1CCCCCC1C(=O)O. The zero-order valence-corrected chi connectivity index (χ0v) is 12.6. The lowest BCUT2D eigenvalue weighted by Gasteiger charge is -2.31. The highest BCUT2D eigenvalue weighted by molar-refractivity contribution is 6.30. The van der Waals surface area contributed by atoms with E-state index in [0.717, 1.165) is 43.7 Å². The molecule has 1 saturated carbocycles. The number of hydrogen-bond acceptors (Lipinski definition) is 2. The second kappa shape index (κ2) is 7.09. The summed E-state index contributed by atoms with van der Waals surface area (Å²) in [6.07, 6.45) is 5.07. The van der Waals surface area contributed by atoms with Crippen molar-refractivity contribution in [2.45, 2.75) is 44.7 Å². The first kappa shape index (κ1) is 15.3. The average Bonchev–Trinajstić information content (AvgIpc) is 2.67. The van der Waals surface area contributed by atoms with Crippen molar-refractivity contribution in [1.29, 1.82) is 0 Å². The van der Waals surface area contributed by atoms with Gasteiger partial charge in [-0.3, -0.25) is 9.69 Å². The summed E-state index contributed by atoms with van der Waals surface area (Å²) in [7, 11) is 2.03. The molecule has 0 aliphatic heterocycles. The number of hydrogen-bond donors (Lipinski definition) is 1. The lowest BCUT2D eigenvalue weighted by Crippen LogP contribution is -2.40. The van der Waals surface area contributed by atoms with Gasteiger partial charge in [-0.1, -0.05) is 43.0 Å². The minimum atomic E-state index is -0.653. The van der Waals surface area contributed by atoms with Gasteiger partial charge in [0.05, 0.1) is 5.92 Å². The van der Waals surface area contributed by atoms with E-state index in [1.807, 2.05) is 31.3 Å². The number of aliphatic carboxylic acids is 1. The van der Waals surface area contributed by atoms with Crippen LogP contribution in [-0.4, -0.2) is 29.1 Å². The maximum atomic E-state index is 11.5. The minimum absolute atomic E-state index is 0.130. The van der Waals surface area contributed by atoms with Gasteiger partial charge >= 0.3 is 5.97 Å². The molecule has 2 atom stereocenters. The van der Waals surface area contributed by atoms with Crippen LogP contribution in [0.1, 0.15) is 37.7 Å². The van der Waals surface area contributed by atoms with Gasteiger partial charge in [0.2, 0.25) is 0 Å². The summed E-state index contributed by atoms with van der Waals surface area (Å²) < 4.78 is 0. The zero-order chi connectivity index (χ0) is 14.5. The fourth-order valence-electron chi connectivity index (χ4n) is 3.10. The Balaban J connectivity index is 2.06. The smallest absolute Gasteiger partial charge is 0.308 e. The Morgan fingerprint density at radius 3 is 2.55 bits per heavy atom. The van der Waals surface area contributed by atoms with Gasteiger partial charge in [0.25, 0.3) is 0 Å². The Labute approximate surface area is 125 Å². The number of carbonyl (C=O) groups is 1. The van der Waals surface area contributed by atoms with Crippen LogP contribution in [0.2, 0.25) is 5.02 Å². The second-order valence-electron chi connectivity index (χ2n) is 5.69. The van der Waals surface area contributed by atoms with Crippen molar-refractivity contribution >= 4 is 17.6 Å². The van der Waals surface area contributed by atoms with Crippen molar-refractivity contribution < 1.29 is 9.90 Å². The molecule has 1 fully saturated rings. The molecule has 20 heavy (non-hydrogen) atoms. The van der Waals surface area contributed by atoms with Crippen LogP contribution in [0.25, 0.3) is 0 Å². The molecular formula is C16H22ClNO2. The van der Waals surface area contributed by atoms with Crippen LogP contribution in [0.15, 0.2) is 24.3 Å². The lowest BCUT2D eigenvalue weighted by molar-refractivity contribution is -0.144. The fourth-order valence-corrected chi connectivity index (χ4v) is 3.22. The van der Waals surface area contributed by atoms with E-state index in [-0.39, 0.29) is 12.0 Å². The molecule has 4 heteroatoms. The van der Waals surface area contributed by atoms with Gasteiger partial charge in [0.1, 0.15) is 0 Å². The van der Waals surface area contributed by atoms with Crippen molar-refractivity contribution in [2.24, 2.45) is 5.92 Å². The lowest BCUT2D eigenvalue weighted by atomic mass is 9.93. The van der Waals surface area contributed by atoms with Crippen molar-refractivity contribution in [3.63, 3.8) is 0 Å². The average molecular weight is 296 g/mol. The third-order valence-corrected chi connectivity index (χ3v) is 4.46. The van der Waals surface area contributed by atoms with Gasteiger partial charge in [-0.25, -0.2) is 0 Å². The molecule has 110 valence electrons. The monoisotopic (exact) mass is 295 g/mol. The summed E-state index contributed by atoms with van der Waals surface area (Å²) in [6, 6.07) is 7.90. The minimum Gasteiger partial charge on any atom is -0.481 e. The Kier molecular flexibility index (Phi) is 5.44. The molecule has 1 aromatic carbocycles. The molecule has 0 spiro atoms. The van der Waals surface area contributed by atoms with E-state index < -0.39 is 5.97 Å². The molecule has 1 aliphatic carbocycles. The first-order chi connectivity index (χ1) is 9.58. The number of rotatable bonds is 4. The molecule has 1 N–H and O–H groups in total. The molecule has 2 rings (SSSR count). The topological polar surface area (TPSA) is 40.5 Å². The maximum Gasteiger partial charge on any atom is 0.308 e. The number of nitrogens with zero attached hydrogens (tertiary/aromatic N) is 1. The summed E-state index contributed by atoms with van der Waals surface area (Å²) in [5.74, 6) is -0.894. The highest BCUT2D eigenvalue weighted by Gasteiger charge is 2.32. The molecule has 1 aromatic rings. The van der Waals surface area contributed by atoms with Crippen molar-refractivity contribution in [1.82, 2.24) is 4.90 Å². The molecule has 3 nitrogen and oxygen atoms in total. The van der Waals surface area contributed by atoms with Crippen LogP contribution in [-0.2, 0) is 11.3 Å². The van der Waals surface area contributed by atoms with Crippen molar-refractivity contribution in [2.75, 3.05) is 7.05 Å². The van der Waals surface area contributed by atoms with Crippen LogP contribution >= 0.6 is 11.6 Å². The predicted octanol–water partition coefficient (Wildman–Crippen LogP) is 3.81. The molecule has 0 radical (unpaired) electrons.